The predicted molar refractivity (Wildman–Crippen MR) is 57.5 cm³/mol. The smallest absolute Gasteiger partial charge is 0.320 e. The van der Waals surface area contributed by atoms with Gasteiger partial charge in [0.05, 0.1) is 0 Å². The topological polar surface area (TPSA) is 49.3 Å². The summed E-state index contributed by atoms with van der Waals surface area (Å²) in [7, 11) is 0. The maximum absolute atomic E-state index is 10.9. The molecule has 0 unspecified atom stereocenters. The summed E-state index contributed by atoms with van der Waals surface area (Å²) in [4.78, 5) is 10.9. The van der Waals surface area contributed by atoms with Crippen LogP contribution in [0, 0.1) is 5.92 Å². The molecule has 1 heterocycles. The molecule has 0 aliphatic carbocycles. The molecule has 1 aliphatic rings. The van der Waals surface area contributed by atoms with Crippen LogP contribution in [0.1, 0.15) is 24.9 Å². The van der Waals surface area contributed by atoms with Crippen LogP contribution in [-0.2, 0) is 4.79 Å². The van der Waals surface area contributed by atoms with E-state index in [4.69, 9.17) is 5.11 Å². The average molecular weight is 205 g/mol. The number of hydrogen-bond acceptors (Lipinski definition) is 2. The highest BCUT2D eigenvalue weighted by Crippen LogP contribution is 2.31. The van der Waals surface area contributed by atoms with Gasteiger partial charge in [0.1, 0.15) is 6.04 Å². The summed E-state index contributed by atoms with van der Waals surface area (Å²) in [6.07, 6.45) is 0.703. The summed E-state index contributed by atoms with van der Waals surface area (Å²) in [5.41, 5.74) is 1.17. The summed E-state index contributed by atoms with van der Waals surface area (Å²) in [5.74, 6) is -0.381. The molecule has 1 fully saturated rings. The Morgan fingerprint density at radius 2 is 2.07 bits per heavy atom. The van der Waals surface area contributed by atoms with Gasteiger partial charge in [0.25, 0.3) is 0 Å². The average Bonchev–Trinajstić information content (AvgIpc) is 2.62. The number of carboxylic acid groups (broad SMARTS) is 1. The number of carbonyl (C=O) groups is 1. The molecule has 15 heavy (non-hydrogen) atoms. The fraction of sp³-hybridized carbons (Fsp3) is 0.417. The summed E-state index contributed by atoms with van der Waals surface area (Å²) in [6, 6.07) is 9.79. The van der Waals surface area contributed by atoms with Crippen molar-refractivity contribution in [2.75, 3.05) is 0 Å². The minimum Gasteiger partial charge on any atom is -0.480 e. The highest BCUT2D eigenvalue weighted by Gasteiger charge is 2.35. The Morgan fingerprint density at radius 1 is 1.40 bits per heavy atom. The summed E-state index contributed by atoms with van der Waals surface area (Å²) in [5, 5.41) is 12.1. The molecule has 3 atom stereocenters. The molecule has 0 amide bonds. The summed E-state index contributed by atoms with van der Waals surface area (Å²) in [6.45, 7) is 2.09. The van der Waals surface area contributed by atoms with E-state index in [-0.39, 0.29) is 6.04 Å². The first kappa shape index (κ1) is 10.2. The second-order valence-corrected chi connectivity index (χ2v) is 4.16. The zero-order valence-corrected chi connectivity index (χ0v) is 8.68. The van der Waals surface area contributed by atoms with Gasteiger partial charge in [-0.15, -0.1) is 0 Å². The van der Waals surface area contributed by atoms with E-state index in [1.165, 1.54) is 5.56 Å². The van der Waals surface area contributed by atoms with Crippen LogP contribution in [0.3, 0.4) is 0 Å². The zero-order valence-electron chi connectivity index (χ0n) is 8.68. The first-order valence-electron chi connectivity index (χ1n) is 5.22. The van der Waals surface area contributed by atoms with E-state index in [9.17, 15) is 4.79 Å². The maximum atomic E-state index is 10.9. The number of nitrogens with one attached hydrogen (secondary N) is 1. The van der Waals surface area contributed by atoms with Gasteiger partial charge in [-0.25, -0.2) is 0 Å². The molecule has 2 N–H and O–H groups in total. The highest BCUT2D eigenvalue weighted by atomic mass is 16.4. The van der Waals surface area contributed by atoms with Gasteiger partial charge in [0, 0.05) is 6.04 Å². The Morgan fingerprint density at radius 3 is 2.60 bits per heavy atom. The second kappa shape index (κ2) is 4.03. The van der Waals surface area contributed by atoms with Crippen LogP contribution in [0.15, 0.2) is 30.3 Å². The van der Waals surface area contributed by atoms with Gasteiger partial charge in [-0.2, -0.15) is 0 Å². The lowest BCUT2D eigenvalue weighted by atomic mass is 9.95. The van der Waals surface area contributed by atoms with E-state index >= 15 is 0 Å². The monoisotopic (exact) mass is 205 g/mol. The first-order valence-corrected chi connectivity index (χ1v) is 5.22. The predicted octanol–water partition coefficient (Wildman–Crippen LogP) is 1.81. The Hall–Kier alpha value is -1.35. The third kappa shape index (κ3) is 2.02. The molecule has 80 valence electrons. The van der Waals surface area contributed by atoms with Gasteiger partial charge in [-0.3, -0.25) is 10.1 Å². The van der Waals surface area contributed by atoms with Gasteiger partial charge >= 0.3 is 5.97 Å². The molecule has 1 saturated heterocycles. The van der Waals surface area contributed by atoms with Crippen molar-refractivity contribution in [3.05, 3.63) is 35.9 Å². The molecule has 0 aromatic heterocycles. The highest BCUT2D eigenvalue weighted by molar-refractivity contribution is 5.74. The lowest BCUT2D eigenvalue weighted by Crippen LogP contribution is -2.31. The number of rotatable bonds is 2. The second-order valence-electron chi connectivity index (χ2n) is 4.16. The number of carboxylic acids is 1. The van der Waals surface area contributed by atoms with Gasteiger partial charge in [0.15, 0.2) is 0 Å². The van der Waals surface area contributed by atoms with Crippen LogP contribution < -0.4 is 5.32 Å². The van der Waals surface area contributed by atoms with E-state index in [0.717, 1.165) is 0 Å². The molecule has 0 saturated carbocycles. The fourth-order valence-electron chi connectivity index (χ4n) is 2.21. The van der Waals surface area contributed by atoms with E-state index in [2.05, 4.69) is 12.2 Å². The normalized spacial score (nSPS) is 30.3. The van der Waals surface area contributed by atoms with Gasteiger partial charge in [-0.1, -0.05) is 37.3 Å². The number of benzene rings is 1. The largest absolute Gasteiger partial charge is 0.480 e. The van der Waals surface area contributed by atoms with Crippen molar-refractivity contribution in [1.82, 2.24) is 5.32 Å². The van der Waals surface area contributed by atoms with Crippen LogP contribution in [0.5, 0.6) is 0 Å². The molecular formula is C12H15NO2. The molecule has 1 aromatic carbocycles. The SMILES string of the molecule is C[C@@H]1C[C@H](C(=O)O)N[C@@H]1c1ccccc1. The summed E-state index contributed by atoms with van der Waals surface area (Å²) < 4.78 is 0. The van der Waals surface area contributed by atoms with Crippen LogP contribution in [0.2, 0.25) is 0 Å². The van der Waals surface area contributed by atoms with Crippen molar-refractivity contribution in [3.8, 4) is 0 Å². The lowest BCUT2D eigenvalue weighted by molar-refractivity contribution is -0.139. The maximum Gasteiger partial charge on any atom is 0.320 e. The Balaban J connectivity index is 2.15. The third-order valence-corrected chi connectivity index (χ3v) is 3.01. The van der Waals surface area contributed by atoms with Crippen LogP contribution in [-0.4, -0.2) is 17.1 Å². The van der Waals surface area contributed by atoms with Crippen LogP contribution in [0.4, 0.5) is 0 Å². The number of hydrogen-bond donors (Lipinski definition) is 2. The van der Waals surface area contributed by atoms with Gasteiger partial charge in [-0.05, 0) is 17.9 Å². The van der Waals surface area contributed by atoms with E-state index in [0.29, 0.717) is 12.3 Å². The van der Waals surface area contributed by atoms with Crippen molar-refractivity contribution in [2.45, 2.75) is 25.4 Å². The molecule has 0 bridgehead atoms. The van der Waals surface area contributed by atoms with E-state index in [1.54, 1.807) is 0 Å². The molecule has 1 aromatic rings. The van der Waals surface area contributed by atoms with Crippen molar-refractivity contribution in [2.24, 2.45) is 5.92 Å². The summed E-state index contributed by atoms with van der Waals surface area (Å²) >= 11 is 0. The van der Waals surface area contributed by atoms with Crippen molar-refractivity contribution >= 4 is 5.97 Å². The molecule has 1 aliphatic heterocycles. The molecule has 3 nitrogen and oxygen atoms in total. The van der Waals surface area contributed by atoms with Crippen molar-refractivity contribution in [1.29, 1.82) is 0 Å². The van der Waals surface area contributed by atoms with E-state index < -0.39 is 12.0 Å². The Bertz CT molecular complexity index is 350. The molecular weight excluding hydrogens is 190 g/mol. The van der Waals surface area contributed by atoms with Gasteiger partial charge in [0.2, 0.25) is 0 Å². The minimum absolute atomic E-state index is 0.173. The lowest BCUT2D eigenvalue weighted by Gasteiger charge is -2.15. The molecule has 0 radical (unpaired) electrons. The first-order chi connectivity index (χ1) is 7.18. The Kier molecular flexibility index (Phi) is 2.73. The fourth-order valence-corrected chi connectivity index (χ4v) is 2.21. The number of aliphatic carboxylic acids is 1. The standard InChI is InChI=1S/C12H15NO2/c1-8-7-10(12(14)15)13-11(8)9-5-3-2-4-6-9/h2-6,8,10-11,13H,7H2,1H3,(H,14,15)/t8-,10-,11+/m1/s1. The minimum atomic E-state index is -0.750. The van der Waals surface area contributed by atoms with E-state index in [1.807, 2.05) is 30.3 Å². The molecule has 2 rings (SSSR count). The van der Waals surface area contributed by atoms with Crippen molar-refractivity contribution in [3.63, 3.8) is 0 Å². The molecule has 3 heteroatoms. The third-order valence-electron chi connectivity index (χ3n) is 3.01. The van der Waals surface area contributed by atoms with Crippen molar-refractivity contribution < 1.29 is 9.90 Å². The van der Waals surface area contributed by atoms with Gasteiger partial charge < -0.3 is 5.11 Å². The molecule has 0 spiro atoms. The quantitative estimate of drug-likeness (QED) is 0.774. The Labute approximate surface area is 89.1 Å². The zero-order chi connectivity index (χ0) is 10.8. The van der Waals surface area contributed by atoms with Crippen LogP contribution >= 0.6 is 0 Å². The van der Waals surface area contributed by atoms with Crippen LogP contribution in [0.25, 0.3) is 0 Å².